The monoisotopic (exact) mass is 329 g/mol. The summed E-state index contributed by atoms with van der Waals surface area (Å²) < 4.78 is 10.5. The zero-order valence-corrected chi connectivity index (χ0v) is 14.4. The Labute approximate surface area is 142 Å². The van der Waals surface area contributed by atoms with Crippen molar-refractivity contribution in [2.75, 3.05) is 33.8 Å². The molecule has 1 amide bonds. The predicted molar refractivity (Wildman–Crippen MR) is 89.9 cm³/mol. The molecule has 0 N–H and O–H groups in total. The fraction of sp³-hybridized carbons (Fsp3) is 0.444. The SMILES string of the molecule is COc1ccccc1C1CN(C(=O)Cc2cc(C)on2)CCN1C. The van der Waals surface area contributed by atoms with Crippen molar-refractivity contribution < 1.29 is 14.1 Å². The molecule has 1 aliphatic heterocycles. The molecule has 24 heavy (non-hydrogen) atoms. The van der Waals surface area contributed by atoms with Crippen molar-refractivity contribution in [2.45, 2.75) is 19.4 Å². The first kappa shape index (κ1) is 16.5. The molecule has 3 rings (SSSR count). The van der Waals surface area contributed by atoms with Crippen molar-refractivity contribution in [2.24, 2.45) is 0 Å². The molecular weight excluding hydrogens is 306 g/mol. The second-order valence-corrected chi connectivity index (χ2v) is 6.18. The molecule has 6 heteroatoms. The number of aryl methyl sites for hydroxylation is 1. The van der Waals surface area contributed by atoms with Gasteiger partial charge in [0.25, 0.3) is 0 Å². The molecular formula is C18H23N3O3. The van der Waals surface area contributed by atoms with Gasteiger partial charge < -0.3 is 14.2 Å². The number of ether oxygens (including phenoxy) is 1. The minimum Gasteiger partial charge on any atom is -0.496 e. The molecule has 1 unspecified atom stereocenters. The fourth-order valence-corrected chi connectivity index (χ4v) is 3.15. The Hall–Kier alpha value is -2.34. The number of likely N-dealkylation sites (N-methyl/N-ethyl adjacent to an activating group) is 1. The number of piperazine rings is 1. The highest BCUT2D eigenvalue weighted by Gasteiger charge is 2.30. The van der Waals surface area contributed by atoms with Crippen LogP contribution in [0, 0.1) is 6.92 Å². The maximum absolute atomic E-state index is 12.6. The van der Waals surface area contributed by atoms with Crippen LogP contribution in [0.25, 0.3) is 0 Å². The van der Waals surface area contributed by atoms with Crippen molar-refractivity contribution in [1.82, 2.24) is 15.0 Å². The van der Waals surface area contributed by atoms with E-state index in [1.807, 2.05) is 36.1 Å². The smallest absolute Gasteiger partial charge is 0.228 e. The highest BCUT2D eigenvalue weighted by atomic mass is 16.5. The van der Waals surface area contributed by atoms with Crippen molar-refractivity contribution in [3.8, 4) is 5.75 Å². The molecule has 128 valence electrons. The van der Waals surface area contributed by atoms with Gasteiger partial charge in [0, 0.05) is 31.3 Å². The Balaban J connectivity index is 1.74. The minimum atomic E-state index is 0.0799. The number of methoxy groups -OCH3 is 1. The van der Waals surface area contributed by atoms with Gasteiger partial charge in [-0.25, -0.2) is 0 Å². The predicted octanol–water partition coefficient (Wildman–Crippen LogP) is 2.05. The zero-order chi connectivity index (χ0) is 17.1. The summed E-state index contributed by atoms with van der Waals surface area (Å²) in [4.78, 5) is 16.8. The number of rotatable bonds is 4. The fourth-order valence-electron chi connectivity index (χ4n) is 3.15. The Morgan fingerprint density at radius 1 is 1.38 bits per heavy atom. The van der Waals surface area contributed by atoms with E-state index in [9.17, 15) is 4.79 Å². The number of benzene rings is 1. The number of carbonyl (C=O) groups excluding carboxylic acids is 1. The highest BCUT2D eigenvalue weighted by molar-refractivity contribution is 5.78. The van der Waals surface area contributed by atoms with E-state index < -0.39 is 0 Å². The first-order chi connectivity index (χ1) is 11.6. The molecule has 0 bridgehead atoms. The molecule has 0 saturated carbocycles. The Kier molecular flexibility index (Phi) is 4.85. The molecule has 1 fully saturated rings. The van der Waals surface area contributed by atoms with Gasteiger partial charge >= 0.3 is 0 Å². The summed E-state index contributed by atoms with van der Waals surface area (Å²) in [7, 11) is 3.76. The highest BCUT2D eigenvalue weighted by Crippen LogP contribution is 2.31. The van der Waals surface area contributed by atoms with Crippen molar-refractivity contribution in [3.05, 3.63) is 47.3 Å². The largest absolute Gasteiger partial charge is 0.496 e. The third kappa shape index (κ3) is 3.43. The van der Waals surface area contributed by atoms with Crippen LogP contribution >= 0.6 is 0 Å². The summed E-state index contributed by atoms with van der Waals surface area (Å²) in [6.07, 6.45) is 0.277. The van der Waals surface area contributed by atoms with Gasteiger partial charge in [0.05, 0.1) is 25.3 Å². The summed E-state index contributed by atoms with van der Waals surface area (Å²) in [6.45, 7) is 4.02. The van der Waals surface area contributed by atoms with E-state index in [0.717, 1.165) is 30.2 Å². The van der Waals surface area contributed by atoms with Crippen molar-refractivity contribution in [1.29, 1.82) is 0 Å². The van der Waals surface area contributed by atoms with Crippen LogP contribution in [0.4, 0.5) is 0 Å². The van der Waals surface area contributed by atoms with Crippen molar-refractivity contribution >= 4 is 5.91 Å². The first-order valence-electron chi connectivity index (χ1n) is 8.11. The second-order valence-electron chi connectivity index (χ2n) is 6.18. The summed E-state index contributed by atoms with van der Waals surface area (Å²) in [5.74, 6) is 1.66. The molecule has 1 aromatic carbocycles. The summed E-state index contributed by atoms with van der Waals surface area (Å²) in [6, 6.07) is 9.92. The van der Waals surface area contributed by atoms with E-state index in [4.69, 9.17) is 9.26 Å². The van der Waals surface area contributed by atoms with Gasteiger partial charge in [-0.15, -0.1) is 0 Å². The maximum Gasteiger partial charge on any atom is 0.228 e. The topological polar surface area (TPSA) is 58.8 Å². The van der Waals surface area contributed by atoms with Crippen LogP contribution in [0.15, 0.2) is 34.9 Å². The molecule has 6 nitrogen and oxygen atoms in total. The quantitative estimate of drug-likeness (QED) is 0.859. The third-order valence-corrected chi connectivity index (χ3v) is 4.51. The number of nitrogens with zero attached hydrogens (tertiary/aromatic N) is 3. The molecule has 2 aromatic rings. The summed E-state index contributed by atoms with van der Waals surface area (Å²) >= 11 is 0. The van der Waals surface area contributed by atoms with Crippen LogP contribution in [-0.4, -0.2) is 54.7 Å². The van der Waals surface area contributed by atoms with Gasteiger partial charge in [0.1, 0.15) is 11.5 Å². The molecule has 1 atom stereocenters. The van der Waals surface area contributed by atoms with Gasteiger partial charge in [-0.3, -0.25) is 9.69 Å². The minimum absolute atomic E-state index is 0.0799. The zero-order valence-electron chi connectivity index (χ0n) is 14.4. The average molecular weight is 329 g/mol. The maximum atomic E-state index is 12.6. The number of amides is 1. The van der Waals surface area contributed by atoms with Crippen LogP contribution in [0.3, 0.4) is 0 Å². The number of para-hydroxylation sites is 1. The molecule has 1 saturated heterocycles. The third-order valence-electron chi connectivity index (χ3n) is 4.51. The number of hydrogen-bond donors (Lipinski definition) is 0. The molecule has 1 aliphatic rings. The van der Waals surface area contributed by atoms with Gasteiger partial charge in [0.15, 0.2) is 0 Å². The van der Waals surface area contributed by atoms with E-state index in [-0.39, 0.29) is 18.4 Å². The van der Waals surface area contributed by atoms with Crippen LogP contribution in [0.1, 0.15) is 23.1 Å². The van der Waals surface area contributed by atoms with Gasteiger partial charge in [-0.2, -0.15) is 0 Å². The van der Waals surface area contributed by atoms with E-state index in [1.54, 1.807) is 7.11 Å². The second kappa shape index (κ2) is 7.05. The van der Waals surface area contributed by atoms with Crippen molar-refractivity contribution in [3.63, 3.8) is 0 Å². The number of aromatic nitrogens is 1. The van der Waals surface area contributed by atoms with Crippen LogP contribution in [0.5, 0.6) is 5.75 Å². The van der Waals surface area contributed by atoms with Gasteiger partial charge in [-0.1, -0.05) is 23.4 Å². The Morgan fingerprint density at radius 2 is 2.17 bits per heavy atom. The molecule has 0 spiro atoms. The van der Waals surface area contributed by atoms with E-state index in [0.29, 0.717) is 12.2 Å². The lowest BCUT2D eigenvalue weighted by molar-refractivity contribution is -0.133. The van der Waals surface area contributed by atoms with E-state index in [2.05, 4.69) is 23.2 Å². The van der Waals surface area contributed by atoms with E-state index >= 15 is 0 Å². The Bertz CT molecular complexity index is 713. The van der Waals surface area contributed by atoms with Crippen LogP contribution < -0.4 is 4.74 Å². The van der Waals surface area contributed by atoms with Crippen LogP contribution in [0.2, 0.25) is 0 Å². The lowest BCUT2D eigenvalue weighted by Gasteiger charge is -2.40. The molecule has 2 heterocycles. The summed E-state index contributed by atoms with van der Waals surface area (Å²) in [5.41, 5.74) is 1.79. The van der Waals surface area contributed by atoms with E-state index in [1.165, 1.54) is 0 Å². The summed E-state index contributed by atoms with van der Waals surface area (Å²) in [5, 5.41) is 3.92. The normalized spacial score (nSPS) is 18.6. The van der Waals surface area contributed by atoms with Crippen LogP contribution in [-0.2, 0) is 11.2 Å². The lowest BCUT2D eigenvalue weighted by atomic mass is 10.0. The molecule has 0 radical (unpaired) electrons. The first-order valence-corrected chi connectivity index (χ1v) is 8.11. The van der Waals surface area contributed by atoms with Gasteiger partial charge in [-0.05, 0) is 20.0 Å². The lowest BCUT2D eigenvalue weighted by Crippen LogP contribution is -2.49. The average Bonchev–Trinajstić information content (AvgIpc) is 3.00. The standard InChI is InChI=1S/C18H23N3O3/c1-13-10-14(19-24-13)11-18(22)21-9-8-20(2)16(12-21)15-6-4-5-7-17(15)23-3/h4-7,10,16H,8-9,11-12H2,1-3H3. The number of hydrogen-bond acceptors (Lipinski definition) is 5. The Morgan fingerprint density at radius 3 is 2.88 bits per heavy atom. The molecule has 1 aromatic heterocycles. The molecule has 0 aliphatic carbocycles. The number of carbonyl (C=O) groups is 1. The van der Waals surface area contributed by atoms with Gasteiger partial charge in [0.2, 0.25) is 5.91 Å².